The number of hydrogen-bond acceptors (Lipinski definition) is 4. The van der Waals surface area contributed by atoms with Crippen LogP contribution < -0.4 is 10.2 Å². The molecule has 0 spiro atoms. The second-order valence-corrected chi connectivity index (χ2v) is 6.19. The lowest BCUT2D eigenvalue weighted by atomic mass is 9.85. The number of hydrogen-bond donors (Lipinski definition) is 1. The van der Waals surface area contributed by atoms with Crippen LogP contribution in [0.1, 0.15) is 39.5 Å². The summed E-state index contributed by atoms with van der Waals surface area (Å²) in [5.74, 6) is 2.42. The lowest BCUT2D eigenvalue weighted by Crippen LogP contribution is -2.39. The van der Waals surface area contributed by atoms with E-state index in [2.05, 4.69) is 57.0 Å². The molecule has 1 aromatic heterocycles. The maximum atomic E-state index is 4.63. The maximum absolute atomic E-state index is 4.63. The van der Waals surface area contributed by atoms with Gasteiger partial charge < -0.3 is 10.2 Å². The van der Waals surface area contributed by atoms with Crippen LogP contribution in [0.5, 0.6) is 0 Å². The standard InChI is InChI=1S/C14H23BrN4/c1-4-16-14-17-9-11(15)13(18-14)19(3)12-8-6-5-7-10(12)2/h9-10,12H,4-8H2,1-3H3,(H,16,17,18). The second-order valence-electron chi connectivity index (χ2n) is 5.34. The van der Waals surface area contributed by atoms with Gasteiger partial charge in [-0.1, -0.05) is 19.8 Å². The SMILES string of the molecule is CCNc1ncc(Br)c(N(C)C2CCCCC2C)n1. The molecule has 19 heavy (non-hydrogen) atoms. The molecule has 0 amide bonds. The molecule has 106 valence electrons. The van der Waals surface area contributed by atoms with Crippen LogP contribution in [0.4, 0.5) is 11.8 Å². The van der Waals surface area contributed by atoms with Crippen LogP contribution >= 0.6 is 15.9 Å². The summed E-state index contributed by atoms with van der Waals surface area (Å²) in [6, 6.07) is 0.578. The molecule has 0 aliphatic heterocycles. The van der Waals surface area contributed by atoms with Crippen molar-refractivity contribution in [1.29, 1.82) is 0 Å². The van der Waals surface area contributed by atoms with Crippen molar-refractivity contribution in [3.8, 4) is 0 Å². The molecule has 2 rings (SSSR count). The number of anilines is 2. The minimum absolute atomic E-state index is 0.578. The summed E-state index contributed by atoms with van der Waals surface area (Å²) in [6.07, 6.45) is 7.09. The predicted octanol–water partition coefficient (Wildman–Crippen LogP) is 3.69. The average Bonchev–Trinajstić information content (AvgIpc) is 2.41. The molecule has 5 heteroatoms. The Bertz CT molecular complexity index is 424. The van der Waals surface area contributed by atoms with E-state index in [9.17, 15) is 0 Å². The van der Waals surface area contributed by atoms with E-state index >= 15 is 0 Å². The van der Waals surface area contributed by atoms with Gasteiger partial charge in [-0.2, -0.15) is 4.98 Å². The molecule has 2 atom stereocenters. The van der Waals surface area contributed by atoms with Gasteiger partial charge in [-0.05, 0) is 41.6 Å². The van der Waals surface area contributed by atoms with Gasteiger partial charge in [-0.25, -0.2) is 4.98 Å². The zero-order valence-electron chi connectivity index (χ0n) is 12.0. The molecule has 0 bridgehead atoms. The highest BCUT2D eigenvalue weighted by atomic mass is 79.9. The maximum Gasteiger partial charge on any atom is 0.224 e. The molecule has 1 fully saturated rings. The minimum atomic E-state index is 0.578. The van der Waals surface area contributed by atoms with Crippen molar-refractivity contribution >= 4 is 27.7 Å². The summed E-state index contributed by atoms with van der Waals surface area (Å²) in [5, 5.41) is 3.17. The smallest absolute Gasteiger partial charge is 0.224 e. The molecule has 4 nitrogen and oxygen atoms in total. The average molecular weight is 327 g/mol. The molecule has 1 aromatic rings. The van der Waals surface area contributed by atoms with Gasteiger partial charge in [0.25, 0.3) is 0 Å². The molecular weight excluding hydrogens is 304 g/mol. The highest BCUT2D eigenvalue weighted by Crippen LogP contribution is 2.32. The number of halogens is 1. The van der Waals surface area contributed by atoms with Gasteiger partial charge >= 0.3 is 0 Å². The van der Waals surface area contributed by atoms with Crippen molar-refractivity contribution in [3.63, 3.8) is 0 Å². The van der Waals surface area contributed by atoms with E-state index in [0.29, 0.717) is 12.0 Å². The van der Waals surface area contributed by atoms with Gasteiger partial charge in [0.2, 0.25) is 5.95 Å². The molecule has 2 unspecified atom stereocenters. The fraction of sp³-hybridized carbons (Fsp3) is 0.714. The Morgan fingerprint density at radius 1 is 1.42 bits per heavy atom. The van der Waals surface area contributed by atoms with E-state index in [-0.39, 0.29) is 0 Å². The van der Waals surface area contributed by atoms with Crippen LogP contribution in [0.15, 0.2) is 10.7 Å². The Kier molecular flexibility index (Phi) is 5.02. The van der Waals surface area contributed by atoms with Crippen molar-refractivity contribution in [2.24, 2.45) is 5.92 Å². The summed E-state index contributed by atoms with van der Waals surface area (Å²) < 4.78 is 0.967. The van der Waals surface area contributed by atoms with Crippen molar-refractivity contribution in [2.45, 2.75) is 45.6 Å². The zero-order valence-corrected chi connectivity index (χ0v) is 13.6. The van der Waals surface area contributed by atoms with Crippen molar-refractivity contribution in [1.82, 2.24) is 9.97 Å². The zero-order chi connectivity index (χ0) is 13.8. The van der Waals surface area contributed by atoms with E-state index in [4.69, 9.17) is 0 Å². The fourth-order valence-corrected chi connectivity index (χ4v) is 3.35. The van der Waals surface area contributed by atoms with Crippen LogP contribution in [0.3, 0.4) is 0 Å². The largest absolute Gasteiger partial charge is 0.355 e. The van der Waals surface area contributed by atoms with E-state index < -0.39 is 0 Å². The summed E-state index contributed by atoms with van der Waals surface area (Å²) in [4.78, 5) is 11.2. The molecule has 0 aromatic carbocycles. The third-order valence-electron chi connectivity index (χ3n) is 3.96. The van der Waals surface area contributed by atoms with Crippen molar-refractivity contribution in [2.75, 3.05) is 23.8 Å². The molecule has 1 aliphatic rings. The highest BCUT2D eigenvalue weighted by Gasteiger charge is 2.27. The molecule has 1 saturated carbocycles. The Morgan fingerprint density at radius 3 is 2.84 bits per heavy atom. The van der Waals surface area contributed by atoms with Gasteiger partial charge in [0, 0.05) is 25.8 Å². The fourth-order valence-electron chi connectivity index (χ4n) is 2.88. The van der Waals surface area contributed by atoms with Crippen LogP contribution in [-0.4, -0.2) is 29.6 Å². The summed E-state index contributed by atoms with van der Waals surface area (Å²) in [6.45, 7) is 5.24. The monoisotopic (exact) mass is 326 g/mol. The van der Waals surface area contributed by atoms with Gasteiger partial charge in [0.15, 0.2) is 0 Å². The summed E-state index contributed by atoms with van der Waals surface area (Å²) in [5.41, 5.74) is 0. The predicted molar refractivity (Wildman–Crippen MR) is 83.7 cm³/mol. The van der Waals surface area contributed by atoms with Gasteiger partial charge in [0.1, 0.15) is 5.82 Å². The summed E-state index contributed by atoms with van der Waals surface area (Å²) >= 11 is 3.57. The van der Waals surface area contributed by atoms with Crippen LogP contribution in [0, 0.1) is 5.92 Å². The van der Waals surface area contributed by atoms with Crippen LogP contribution in [0.2, 0.25) is 0 Å². The first kappa shape index (κ1) is 14.6. The quantitative estimate of drug-likeness (QED) is 0.916. The Morgan fingerprint density at radius 2 is 2.16 bits per heavy atom. The topological polar surface area (TPSA) is 41.1 Å². The second kappa shape index (κ2) is 6.55. The first-order chi connectivity index (χ1) is 9.13. The van der Waals surface area contributed by atoms with Gasteiger partial charge in [-0.15, -0.1) is 0 Å². The number of rotatable bonds is 4. The Hall–Kier alpha value is -0.840. The lowest BCUT2D eigenvalue weighted by molar-refractivity contribution is 0.320. The van der Waals surface area contributed by atoms with E-state index in [1.54, 1.807) is 0 Å². The van der Waals surface area contributed by atoms with Gasteiger partial charge in [0.05, 0.1) is 4.47 Å². The number of nitrogens with zero attached hydrogens (tertiary/aromatic N) is 3. The first-order valence-electron chi connectivity index (χ1n) is 7.12. The normalized spacial score (nSPS) is 23.2. The molecular formula is C14H23BrN4. The van der Waals surface area contributed by atoms with Crippen molar-refractivity contribution in [3.05, 3.63) is 10.7 Å². The van der Waals surface area contributed by atoms with Crippen LogP contribution in [-0.2, 0) is 0 Å². The summed E-state index contributed by atoms with van der Waals surface area (Å²) in [7, 11) is 2.15. The van der Waals surface area contributed by atoms with Gasteiger partial charge in [-0.3, -0.25) is 0 Å². The minimum Gasteiger partial charge on any atom is -0.355 e. The molecule has 1 heterocycles. The Balaban J connectivity index is 2.21. The van der Waals surface area contributed by atoms with Crippen molar-refractivity contribution < 1.29 is 0 Å². The Labute approximate surface area is 124 Å². The third kappa shape index (κ3) is 3.38. The number of aromatic nitrogens is 2. The molecule has 1 N–H and O–H groups in total. The van der Waals surface area contributed by atoms with E-state index in [1.165, 1.54) is 25.7 Å². The lowest BCUT2D eigenvalue weighted by Gasteiger charge is -2.37. The highest BCUT2D eigenvalue weighted by molar-refractivity contribution is 9.10. The third-order valence-corrected chi connectivity index (χ3v) is 4.52. The van der Waals surface area contributed by atoms with E-state index in [1.807, 2.05) is 6.20 Å². The van der Waals surface area contributed by atoms with Crippen LogP contribution in [0.25, 0.3) is 0 Å². The number of nitrogens with one attached hydrogen (secondary N) is 1. The van der Waals surface area contributed by atoms with E-state index in [0.717, 1.165) is 22.8 Å². The molecule has 0 saturated heterocycles. The first-order valence-corrected chi connectivity index (χ1v) is 7.92. The molecule has 0 radical (unpaired) electrons. The molecule has 1 aliphatic carbocycles.